The molecule has 1 aromatic heterocycles. The Labute approximate surface area is 174 Å². The van der Waals surface area contributed by atoms with Crippen LogP contribution in [0.2, 0.25) is 0 Å². The molecule has 4 rings (SSSR count). The first-order valence-corrected chi connectivity index (χ1v) is 9.94. The van der Waals surface area contributed by atoms with Gasteiger partial charge >= 0.3 is 0 Å². The molecule has 1 aliphatic rings. The lowest BCUT2D eigenvalue weighted by molar-refractivity contribution is 0.0744. The number of phenolic OH excluding ortho intramolecular Hbond substituents is 2. The van der Waals surface area contributed by atoms with E-state index in [1.54, 1.807) is 29.2 Å². The van der Waals surface area contributed by atoms with E-state index in [4.69, 9.17) is 4.74 Å². The van der Waals surface area contributed by atoms with Crippen LogP contribution < -0.4 is 4.74 Å². The Balaban J connectivity index is 1.95. The number of hydrogen-bond acceptors (Lipinski definition) is 5. The van der Waals surface area contributed by atoms with E-state index in [9.17, 15) is 15.0 Å². The quantitative estimate of drug-likeness (QED) is 0.592. The molecule has 3 N–H and O–H groups in total. The van der Waals surface area contributed by atoms with E-state index in [-0.39, 0.29) is 17.4 Å². The topological polar surface area (TPSA) is 98.7 Å². The van der Waals surface area contributed by atoms with Gasteiger partial charge in [-0.1, -0.05) is 19.1 Å². The predicted molar refractivity (Wildman–Crippen MR) is 113 cm³/mol. The highest BCUT2D eigenvalue weighted by molar-refractivity contribution is 6.00. The molecule has 156 valence electrons. The summed E-state index contributed by atoms with van der Waals surface area (Å²) in [5, 5.41) is 28.0. The highest BCUT2D eigenvalue weighted by Gasteiger charge is 2.42. The maximum Gasteiger partial charge on any atom is 0.273 e. The van der Waals surface area contributed by atoms with Crippen LogP contribution in [0.3, 0.4) is 0 Å². The number of methoxy groups -OCH3 is 1. The third kappa shape index (κ3) is 2.98. The first-order valence-electron chi connectivity index (χ1n) is 9.94. The smallest absolute Gasteiger partial charge is 0.273 e. The molecule has 0 saturated heterocycles. The minimum absolute atomic E-state index is 0.0345. The summed E-state index contributed by atoms with van der Waals surface area (Å²) < 4.78 is 5.29. The van der Waals surface area contributed by atoms with Crippen molar-refractivity contribution in [3.63, 3.8) is 0 Å². The van der Waals surface area contributed by atoms with Crippen LogP contribution in [0.15, 0.2) is 30.3 Å². The lowest BCUT2D eigenvalue weighted by atomic mass is 9.93. The fraction of sp³-hybridized carbons (Fsp3) is 0.304. The van der Waals surface area contributed by atoms with Crippen LogP contribution in [0, 0.1) is 13.8 Å². The Hall–Kier alpha value is -3.48. The average Bonchev–Trinajstić information content (AvgIpc) is 3.22. The van der Waals surface area contributed by atoms with Crippen molar-refractivity contribution in [3.05, 3.63) is 58.3 Å². The highest BCUT2D eigenvalue weighted by Crippen LogP contribution is 2.46. The number of carbonyl (C=O) groups is 1. The van der Waals surface area contributed by atoms with E-state index in [2.05, 4.69) is 10.2 Å². The number of fused-ring (bicyclic) bond motifs is 1. The Morgan fingerprint density at radius 2 is 1.93 bits per heavy atom. The second-order valence-corrected chi connectivity index (χ2v) is 7.67. The number of benzene rings is 2. The zero-order chi connectivity index (χ0) is 21.6. The third-order valence-electron chi connectivity index (χ3n) is 5.54. The van der Waals surface area contributed by atoms with Crippen LogP contribution >= 0.6 is 0 Å². The zero-order valence-electron chi connectivity index (χ0n) is 17.5. The highest BCUT2D eigenvalue weighted by atomic mass is 16.5. The van der Waals surface area contributed by atoms with Gasteiger partial charge < -0.3 is 19.8 Å². The van der Waals surface area contributed by atoms with E-state index in [0.717, 1.165) is 28.7 Å². The molecule has 7 nitrogen and oxygen atoms in total. The van der Waals surface area contributed by atoms with Crippen LogP contribution in [0.1, 0.15) is 52.1 Å². The van der Waals surface area contributed by atoms with Gasteiger partial charge in [-0.25, -0.2) is 0 Å². The number of carbonyl (C=O) groups excluding carboxylic acids is 1. The van der Waals surface area contributed by atoms with Crippen LogP contribution in [-0.2, 0) is 0 Å². The number of hydrogen-bond donors (Lipinski definition) is 3. The molecule has 1 unspecified atom stereocenters. The first-order chi connectivity index (χ1) is 14.4. The minimum Gasteiger partial charge on any atom is -0.507 e. The van der Waals surface area contributed by atoms with Crippen molar-refractivity contribution in [1.29, 1.82) is 0 Å². The second-order valence-electron chi connectivity index (χ2n) is 7.67. The molecule has 30 heavy (non-hydrogen) atoms. The molecular formula is C23H25N3O4. The third-order valence-corrected chi connectivity index (χ3v) is 5.54. The molecule has 0 saturated carbocycles. The summed E-state index contributed by atoms with van der Waals surface area (Å²) in [5.74, 6) is 0.369. The van der Waals surface area contributed by atoms with Crippen molar-refractivity contribution in [2.75, 3.05) is 13.7 Å². The average molecular weight is 407 g/mol. The monoisotopic (exact) mass is 407 g/mol. The summed E-state index contributed by atoms with van der Waals surface area (Å²) in [6, 6.07) is 8.36. The van der Waals surface area contributed by atoms with Crippen molar-refractivity contribution in [3.8, 4) is 28.5 Å². The number of amides is 1. The molecule has 0 aliphatic carbocycles. The van der Waals surface area contributed by atoms with Gasteiger partial charge in [0, 0.05) is 17.7 Å². The maximum atomic E-state index is 13.2. The summed E-state index contributed by atoms with van der Waals surface area (Å²) in [6.07, 6.45) is 0.791. The molecular weight excluding hydrogens is 382 g/mol. The standard InChI is InChI=1S/C23H25N3O4/c1-5-8-26-22(14-6-7-15(27)17(11-14)30-4)19-20(24-25-21(19)23(26)29)18-13(3)9-12(2)10-16(18)28/h6-7,9-11,22,27-28H,5,8H2,1-4H3,(H,24,25). The van der Waals surface area contributed by atoms with E-state index < -0.39 is 6.04 Å². The lowest BCUT2D eigenvalue weighted by Crippen LogP contribution is -2.30. The molecule has 1 atom stereocenters. The van der Waals surface area contributed by atoms with Crippen molar-refractivity contribution in [2.24, 2.45) is 0 Å². The molecule has 2 heterocycles. The van der Waals surface area contributed by atoms with E-state index in [0.29, 0.717) is 29.2 Å². The Morgan fingerprint density at radius 1 is 1.17 bits per heavy atom. The molecule has 7 heteroatoms. The van der Waals surface area contributed by atoms with E-state index >= 15 is 0 Å². The summed E-state index contributed by atoms with van der Waals surface area (Å²) in [6.45, 7) is 6.42. The Morgan fingerprint density at radius 3 is 2.60 bits per heavy atom. The Kier molecular flexibility index (Phi) is 4.89. The molecule has 0 fully saturated rings. The predicted octanol–water partition coefficient (Wildman–Crippen LogP) is 4.07. The Bertz CT molecular complexity index is 1110. The number of aromatic nitrogens is 2. The number of rotatable bonds is 5. The van der Waals surface area contributed by atoms with Crippen molar-refractivity contribution < 1.29 is 19.7 Å². The van der Waals surface area contributed by atoms with Gasteiger partial charge in [0.1, 0.15) is 17.1 Å². The van der Waals surface area contributed by atoms with Gasteiger partial charge in [0.2, 0.25) is 0 Å². The second kappa shape index (κ2) is 7.40. The van der Waals surface area contributed by atoms with E-state index in [1.807, 2.05) is 26.8 Å². The molecule has 0 bridgehead atoms. The van der Waals surface area contributed by atoms with Crippen LogP contribution in [-0.4, -0.2) is 44.9 Å². The number of aromatic hydroxyl groups is 2. The van der Waals surface area contributed by atoms with Gasteiger partial charge in [0.05, 0.1) is 13.2 Å². The van der Waals surface area contributed by atoms with Crippen molar-refractivity contribution in [1.82, 2.24) is 15.1 Å². The van der Waals surface area contributed by atoms with Crippen molar-refractivity contribution in [2.45, 2.75) is 33.2 Å². The summed E-state index contributed by atoms with van der Waals surface area (Å²) in [5.41, 5.74) is 4.95. The van der Waals surface area contributed by atoms with Gasteiger partial charge in [-0.05, 0) is 55.2 Å². The molecule has 1 aliphatic heterocycles. The fourth-order valence-corrected chi connectivity index (χ4v) is 4.32. The number of ether oxygens (including phenoxy) is 1. The minimum atomic E-state index is -0.407. The summed E-state index contributed by atoms with van der Waals surface area (Å²) in [7, 11) is 1.49. The SMILES string of the molecule is CCCN1C(=O)c2[nH]nc(-c3c(C)cc(C)cc3O)c2C1c1ccc(O)c(OC)c1. The first kappa shape index (κ1) is 19.8. The van der Waals surface area contributed by atoms with Crippen LogP contribution in [0.25, 0.3) is 11.3 Å². The van der Waals surface area contributed by atoms with E-state index in [1.165, 1.54) is 7.11 Å². The zero-order valence-corrected chi connectivity index (χ0v) is 17.5. The van der Waals surface area contributed by atoms with Crippen molar-refractivity contribution >= 4 is 5.91 Å². The maximum absolute atomic E-state index is 13.2. The molecule has 0 radical (unpaired) electrons. The number of nitrogens with zero attached hydrogens (tertiary/aromatic N) is 2. The normalized spacial score (nSPS) is 15.5. The van der Waals surface area contributed by atoms with Crippen LogP contribution in [0.4, 0.5) is 0 Å². The number of H-pyrrole nitrogens is 1. The van der Waals surface area contributed by atoms with Gasteiger partial charge in [-0.3, -0.25) is 9.89 Å². The van der Waals surface area contributed by atoms with Gasteiger partial charge in [0.25, 0.3) is 5.91 Å². The lowest BCUT2D eigenvalue weighted by Gasteiger charge is -2.26. The number of nitrogens with one attached hydrogen (secondary N) is 1. The molecule has 2 aromatic carbocycles. The molecule has 0 spiro atoms. The number of phenols is 2. The van der Waals surface area contributed by atoms with Gasteiger partial charge in [-0.15, -0.1) is 0 Å². The summed E-state index contributed by atoms with van der Waals surface area (Å²) in [4.78, 5) is 15.0. The summed E-state index contributed by atoms with van der Waals surface area (Å²) >= 11 is 0. The molecule has 3 aromatic rings. The van der Waals surface area contributed by atoms with Gasteiger partial charge in [0.15, 0.2) is 11.5 Å². The number of aryl methyl sites for hydroxylation is 2. The molecule has 1 amide bonds. The fourth-order valence-electron chi connectivity index (χ4n) is 4.32. The number of aromatic amines is 1. The van der Waals surface area contributed by atoms with Gasteiger partial charge in [-0.2, -0.15) is 5.10 Å². The van der Waals surface area contributed by atoms with Crippen LogP contribution in [0.5, 0.6) is 17.2 Å². The largest absolute Gasteiger partial charge is 0.507 e.